The van der Waals surface area contributed by atoms with E-state index in [4.69, 9.17) is 5.73 Å². The Bertz CT molecular complexity index is 444. The lowest BCUT2D eigenvalue weighted by Crippen LogP contribution is -2.14. The monoisotopic (exact) mass is 309 g/mol. The molecule has 0 amide bonds. The minimum Gasteiger partial charge on any atom is -0.328 e. The van der Waals surface area contributed by atoms with Gasteiger partial charge >= 0.3 is 5.51 Å². The van der Waals surface area contributed by atoms with Gasteiger partial charge in [0.05, 0.1) is 4.90 Å². The van der Waals surface area contributed by atoms with Crippen molar-refractivity contribution in [2.45, 2.75) is 56.0 Å². The summed E-state index contributed by atoms with van der Waals surface area (Å²) >= 11 is -0.389. The predicted molar refractivity (Wildman–Crippen MR) is 74.3 cm³/mol. The van der Waals surface area contributed by atoms with Crippen LogP contribution in [-0.4, -0.2) is 11.6 Å². The maximum atomic E-state index is 13.9. The third-order valence-electron chi connectivity index (χ3n) is 2.91. The number of thioether (sulfide) groups is 1. The Kier molecular flexibility index (Phi) is 6.33. The summed E-state index contributed by atoms with van der Waals surface area (Å²) in [5, 5.41) is 0. The minimum atomic E-state index is -4.48. The van der Waals surface area contributed by atoms with Crippen molar-refractivity contribution in [1.82, 2.24) is 0 Å². The van der Waals surface area contributed by atoms with E-state index < -0.39 is 11.3 Å². The molecule has 20 heavy (non-hydrogen) atoms. The maximum absolute atomic E-state index is 13.9. The van der Waals surface area contributed by atoms with Gasteiger partial charge in [-0.05, 0) is 61.6 Å². The molecule has 1 nitrogen and oxygen atoms in total. The van der Waals surface area contributed by atoms with Gasteiger partial charge in [0.25, 0.3) is 0 Å². The van der Waals surface area contributed by atoms with E-state index in [1.807, 2.05) is 6.92 Å². The van der Waals surface area contributed by atoms with Crippen molar-refractivity contribution >= 4 is 11.8 Å². The smallest absolute Gasteiger partial charge is 0.328 e. The summed E-state index contributed by atoms with van der Waals surface area (Å²) in [5.41, 5.74) is 2.22. The molecular formula is C14H19F4NS. The summed E-state index contributed by atoms with van der Waals surface area (Å²) in [6.07, 6.45) is 2.56. The molecule has 0 unspecified atom stereocenters. The molecule has 1 atom stereocenters. The fourth-order valence-electron chi connectivity index (χ4n) is 1.95. The lowest BCUT2D eigenvalue weighted by Gasteiger charge is -2.12. The molecule has 0 aliphatic rings. The van der Waals surface area contributed by atoms with E-state index in [9.17, 15) is 17.6 Å². The van der Waals surface area contributed by atoms with Crippen LogP contribution in [0.1, 0.15) is 37.8 Å². The summed E-state index contributed by atoms with van der Waals surface area (Å²) in [6, 6.07) is 3.01. The molecule has 0 fully saturated rings. The number of hydrogen-bond acceptors (Lipinski definition) is 2. The van der Waals surface area contributed by atoms with Gasteiger partial charge in [0.1, 0.15) is 5.82 Å². The third-order valence-corrected chi connectivity index (χ3v) is 3.65. The highest BCUT2D eigenvalue weighted by Crippen LogP contribution is 2.39. The SMILES string of the molecule is CCc1cc(CCC[C@H](C)N)cc(SC(F)(F)F)c1F. The summed E-state index contributed by atoms with van der Waals surface area (Å²) < 4.78 is 51.2. The highest BCUT2D eigenvalue weighted by Gasteiger charge is 2.31. The largest absolute Gasteiger partial charge is 0.446 e. The van der Waals surface area contributed by atoms with Gasteiger partial charge in [0, 0.05) is 6.04 Å². The summed E-state index contributed by atoms with van der Waals surface area (Å²) in [5.74, 6) is -0.759. The van der Waals surface area contributed by atoms with Gasteiger partial charge in [0.2, 0.25) is 0 Å². The predicted octanol–water partition coefficient (Wildman–Crippen LogP) is 4.67. The Morgan fingerprint density at radius 1 is 1.30 bits per heavy atom. The van der Waals surface area contributed by atoms with Crippen LogP contribution in [0.4, 0.5) is 17.6 Å². The second kappa shape index (κ2) is 7.31. The third kappa shape index (κ3) is 5.71. The van der Waals surface area contributed by atoms with Gasteiger partial charge in [-0.2, -0.15) is 13.2 Å². The summed E-state index contributed by atoms with van der Waals surface area (Å²) in [6.45, 7) is 3.61. The zero-order chi connectivity index (χ0) is 15.3. The Labute approximate surface area is 120 Å². The van der Waals surface area contributed by atoms with Crippen LogP contribution in [0.25, 0.3) is 0 Å². The molecule has 1 aromatic rings. The second-order valence-corrected chi connectivity index (χ2v) is 5.94. The molecule has 114 valence electrons. The van der Waals surface area contributed by atoms with Crippen molar-refractivity contribution < 1.29 is 17.6 Å². The standard InChI is InChI=1S/C14H19F4NS/c1-3-11-7-10(6-4-5-9(2)19)8-12(13(11)15)20-14(16,17)18/h7-9H,3-6,19H2,1-2H3/t9-/m0/s1. The highest BCUT2D eigenvalue weighted by atomic mass is 32.2. The van der Waals surface area contributed by atoms with E-state index in [-0.39, 0.29) is 22.7 Å². The zero-order valence-corrected chi connectivity index (χ0v) is 12.4. The van der Waals surface area contributed by atoms with Crippen LogP contribution in [0, 0.1) is 5.82 Å². The number of alkyl halides is 3. The molecule has 0 saturated carbocycles. The molecule has 0 aliphatic heterocycles. The van der Waals surface area contributed by atoms with Gasteiger partial charge in [-0.15, -0.1) is 0 Å². The number of halogens is 4. The normalized spacial score (nSPS) is 13.6. The van der Waals surface area contributed by atoms with E-state index in [1.165, 1.54) is 6.07 Å². The Balaban J connectivity index is 2.93. The second-order valence-electron chi connectivity index (χ2n) is 4.84. The van der Waals surface area contributed by atoms with Crippen LogP contribution in [0.5, 0.6) is 0 Å². The van der Waals surface area contributed by atoms with Gasteiger partial charge in [-0.3, -0.25) is 0 Å². The van der Waals surface area contributed by atoms with Gasteiger partial charge in [-0.25, -0.2) is 4.39 Å². The van der Waals surface area contributed by atoms with Crippen molar-refractivity contribution in [3.05, 3.63) is 29.1 Å². The van der Waals surface area contributed by atoms with Crippen molar-refractivity contribution in [1.29, 1.82) is 0 Å². The molecule has 2 N–H and O–H groups in total. The molecule has 6 heteroatoms. The Morgan fingerprint density at radius 3 is 2.45 bits per heavy atom. The lowest BCUT2D eigenvalue weighted by atomic mass is 10.0. The molecule has 0 radical (unpaired) electrons. The van der Waals surface area contributed by atoms with Crippen LogP contribution in [0.2, 0.25) is 0 Å². The van der Waals surface area contributed by atoms with Gasteiger partial charge in [-0.1, -0.05) is 13.0 Å². The van der Waals surface area contributed by atoms with Crippen LogP contribution in [-0.2, 0) is 12.8 Å². The average Bonchev–Trinajstić information content (AvgIpc) is 2.30. The topological polar surface area (TPSA) is 26.0 Å². The maximum Gasteiger partial charge on any atom is 0.446 e. The van der Waals surface area contributed by atoms with Crippen molar-refractivity contribution in [2.75, 3.05) is 0 Å². The number of rotatable bonds is 6. The first kappa shape index (κ1) is 17.3. The van der Waals surface area contributed by atoms with Crippen LogP contribution in [0.15, 0.2) is 17.0 Å². The minimum absolute atomic E-state index is 0.0603. The number of benzene rings is 1. The molecule has 1 aromatic carbocycles. The first-order valence-corrected chi connectivity index (χ1v) is 7.37. The number of aryl methyl sites for hydroxylation is 2. The molecule has 0 saturated heterocycles. The molecule has 0 heterocycles. The highest BCUT2D eigenvalue weighted by molar-refractivity contribution is 8.00. The first-order chi connectivity index (χ1) is 9.23. The first-order valence-electron chi connectivity index (χ1n) is 6.55. The summed E-state index contributed by atoms with van der Waals surface area (Å²) in [4.78, 5) is -0.340. The van der Waals surface area contributed by atoms with Crippen molar-refractivity contribution in [2.24, 2.45) is 5.73 Å². The molecule has 0 aliphatic carbocycles. The fraction of sp³-hybridized carbons (Fsp3) is 0.571. The summed E-state index contributed by atoms with van der Waals surface area (Å²) in [7, 11) is 0. The Morgan fingerprint density at radius 2 is 1.95 bits per heavy atom. The van der Waals surface area contributed by atoms with Gasteiger partial charge < -0.3 is 5.73 Å². The quantitative estimate of drug-likeness (QED) is 0.610. The number of nitrogens with two attached hydrogens (primary N) is 1. The Hall–Kier alpha value is -0.750. The molecule has 0 spiro atoms. The van der Waals surface area contributed by atoms with E-state index >= 15 is 0 Å². The fourth-order valence-corrected chi connectivity index (χ4v) is 2.63. The molecule has 0 bridgehead atoms. The van der Waals surface area contributed by atoms with E-state index in [0.29, 0.717) is 18.4 Å². The van der Waals surface area contributed by atoms with Crippen LogP contribution < -0.4 is 5.73 Å². The number of hydrogen-bond donors (Lipinski definition) is 1. The van der Waals surface area contributed by atoms with Gasteiger partial charge in [0.15, 0.2) is 0 Å². The van der Waals surface area contributed by atoms with E-state index in [2.05, 4.69) is 0 Å². The van der Waals surface area contributed by atoms with Crippen molar-refractivity contribution in [3.8, 4) is 0 Å². The average molecular weight is 309 g/mol. The lowest BCUT2D eigenvalue weighted by molar-refractivity contribution is -0.0329. The van der Waals surface area contributed by atoms with Crippen molar-refractivity contribution in [3.63, 3.8) is 0 Å². The van der Waals surface area contributed by atoms with E-state index in [1.54, 1.807) is 13.0 Å². The van der Waals surface area contributed by atoms with E-state index in [0.717, 1.165) is 18.4 Å². The molecule has 1 rings (SSSR count). The molecular weight excluding hydrogens is 290 g/mol. The van der Waals surface area contributed by atoms with Crippen LogP contribution in [0.3, 0.4) is 0 Å². The zero-order valence-electron chi connectivity index (χ0n) is 11.6. The molecule has 0 aromatic heterocycles. The van der Waals surface area contributed by atoms with Crippen LogP contribution >= 0.6 is 11.8 Å².